The highest BCUT2D eigenvalue weighted by Gasteiger charge is 2.27. The summed E-state index contributed by atoms with van der Waals surface area (Å²) in [5.74, 6) is -0.451. The standard InChI is InChI=1S/C41H81N2O7P/c1-3-5-7-9-11-13-15-17-19-20-22-24-26-28-30-32-38(44)36-41(46)43-39(37-50-51(47,48)49-35-34-42)40(45)33-31-29-27-25-23-21-18-16-14-12-10-8-6-4-2/h17,19,31,33,38-40,44-45H,3-16,18,20-30,32,34-37,42H2,1-2H3,(H,43,46)(H,47,48)/b19-17-,33-31+. The molecule has 0 fully saturated rings. The summed E-state index contributed by atoms with van der Waals surface area (Å²) in [4.78, 5) is 22.7. The minimum Gasteiger partial charge on any atom is -0.393 e. The Balaban J connectivity index is 4.37. The largest absolute Gasteiger partial charge is 0.472 e. The molecule has 0 heterocycles. The first-order valence-electron chi connectivity index (χ1n) is 21.0. The van der Waals surface area contributed by atoms with E-state index >= 15 is 0 Å². The van der Waals surface area contributed by atoms with Crippen molar-refractivity contribution in [1.82, 2.24) is 5.32 Å². The maximum Gasteiger partial charge on any atom is 0.472 e. The number of nitrogens with one attached hydrogen (secondary N) is 1. The number of allylic oxidation sites excluding steroid dienone is 3. The molecular formula is C41H81N2O7P. The van der Waals surface area contributed by atoms with E-state index < -0.39 is 38.6 Å². The second kappa shape index (κ2) is 37.3. The second-order valence-corrected chi connectivity index (χ2v) is 15.8. The van der Waals surface area contributed by atoms with Crippen LogP contribution >= 0.6 is 7.82 Å². The van der Waals surface area contributed by atoms with Gasteiger partial charge in [0.2, 0.25) is 5.91 Å². The van der Waals surface area contributed by atoms with Crippen LogP contribution in [0.25, 0.3) is 0 Å². The minimum absolute atomic E-state index is 0.0488. The molecule has 0 aromatic carbocycles. The van der Waals surface area contributed by atoms with Crippen LogP contribution in [0.4, 0.5) is 0 Å². The van der Waals surface area contributed by atoms with Crippen LogP contribution in [0.5, 0.6) is 0 Å². The predicted molar refractivity (Wildman–Crippen MR) is 214 cm³/mol. The molecule has 302 valence electrons. The Labute approximate surface area is 313 Å². The average molecular weight is 745 g/mol. The molecule has 0 aliphatic carbocycles. The Morgan fingerprint density at radius 2 is 1.10 bits per heavy atom. The molecule has 0 saturated heterocycles. The molecule has 6 N–H and O–H groups in total. The Hall–Kier alpha value is -1.06. The van der Waals surface area contributed by atoms with Gasteiger partial charge in [0.25, 0.3) is 0 Å². The van der Waals surface area contributed by atoms with Gasteiger partial charge in [-0.15, -0.1) is 0 Å². The normalized spacial score (nSPS) is 15.0. The Bertz CT molecular complexity index is 873. The number of phosphoric ester groups is 1. The molecule has 4 atom stereocenters. The van der Waals surface area contributed by atoms with Crippen LogP contribution in [0, 0.1) is 0 Å². The van der Waals surface area contributed by atoms with Crippen molar-refractivity contribution in [3.8, 4) is 0 Å². The van der Waals surface area contributed by atoms with E-state index in [1.165, 1.54) is 116 Å². The van der Waals surface area contributed by atoms with Gasteiger partial charge in [-0.2, -0.15) is 0 Å². The number of hydrogen-bond acceptors (Lipinski definition) is 7. The highest BCUT2D eigenvalue weighted by Crippen LogP contribution is 2.43. The summed E-state index contributed by atoms with van der Waals surface area (Å²) in [6.45, 7) is 3.96. The lowest BCUT2D eigenvalue weighted by molar-refractivity contribution is -0.124. The molecule has 0 aromatic heterocycles. The quantitative estimate of drug-likeness (QED) is 0.0237. The van der Waals surface area contributed by atoms with Gasteiger partial charge in [-0.1, -0.05) is 167 Å². The summed E-state index contributed by atoms with van der Waals surface area (Å²) in [5, 5.41) is 24.0. The van der Waals surface area contributed by atoms with Crippen molar-refractivity contribution in [2.24, 2.45) is 5.73 Å². The lowest BCUT2D eigenvalue weighted by Gasteiger charge is -2.24. The average Bonchev–Trinajstić information content (AvgIpc) is 3.10. The van der Waals surface area contributed by atoms with Crippen LogP contribution < -0.4 is 11.1 Å². The molecule has 0 aliphatic heterocycles. The number of nitrogens with two attached hydrogens (primary N) is 1. The van der Waals surface area contributed by atoms with Crippen LogP contribution in [0.3, 0.4) is 0 Å². The van der Waals surface area contributed by atoms with Gasteiger partial charge in [-0.3, -0.25) is 13.8 Å². The SMILES string of the molecule is CCCCCCCC/C=C\CCCCCCCC(O)CC(=O)NC(COP(=O)(O)OCCN)C(O)/C=C/CCCCCCCCCCCCCC. The Kier molecular flexibility index (Phi) is 36.5. The smallest absolute Gasteiger partial charge is 0.393 e. The summed E-state index contributed by atoms with van der Waals surface area (Å²) in [6, 6.07) is -0.982. The second-order valence-electron chi connectivity index (χ2n) is 14.4. The summed E-state index contributed by atoms with van der Waals surface area (Å²) in [6.07, 6.45) is 38.3. The van der Waals surface area contributed by atoms with E-state index in [1.807, 2.05) is 6.08 Å². The molecule has 0 saturated carbocycles. The fourth-order valence-electron chi connectivity index (χ4n) is 6.11. The zero-order valence-electron chi connectivity index (χ0n) is 33.0. The summed E-state index contributed by atoms with van der Waals surface area (Å²) < 4.78 is 22.0. The third-order valence-corrected chi connectivity index (χ3v) is 10.3. The van der Waals surface area contributed by atoms with E-state index in [0.29, 0.717) is 6.42 Å². The molecule has 0 rings (SSSR count). The van der Waals surface area contributed by atoms with Crippen molar-refractivity contribution in [3.05, 3.63) is 24.3 Å². The number of amides is 1. The van der Waals surface area contributed by atoms with Crippen molar-refractivity contribution in [2.45, 2.75) is 212 Å². The van der Waals surface area contributed by atoms with Gasteiger partial charge in [0, 0.05) is 6.54 Å². The molecular weight excluding hydrogens is 663 g/mol. The lowest BCUT2D eigenvalue weighted by Crippen LogP contribution is -2.46. The molecule has 1 amide bonds. The minimum atomic E-state index is -4.40. The van der Waals surface area contributed by atoms with Crippen LogP contribution in [0.15, 0.2) is 24.3 Å². The Morgan fingerprint density at radius 1 is 0.667 bits per heavy atom. The fraction of sp³-hybridized carbons (Fsp3) is 0.878. The van der Waals surface area contributed by atoms with Crippen LogP contribution in [0.1, 0.15) is 194 Å². The van der Waals surface area contributed by atoms with Crippen molar-refractivity contribution in [2.75, 3.05) is 19.8 Å². The van der Waals surface area contributed by atoms with Gasteiger partial charge in [-0.05, 0) is 44.9 Å². The molecule has 51 heavy (non-hydrogen) atoms. The zero-order chi connectivity index (χ0) is 37.7. The number of aliphatic hydroxyl groups excluding tert-OH is 2. The fourth-order valence-corrected chi connectivity index (χ4v) is 6.87. The molecule has 0 aromatic rings. The lowest BCUT2D eigenvalue weighted by atomic mass is 10.0. The first kappa shape index (κ1) is 49.9. The van der Waals surface area contributed by atoms with Crippen LogP contribution in [-0.2, 0) is 18.4 Å². The number of aliphatic hydroxyl groups is 2. The van der Waals surface area contributed by atoms with Gasteiger partial charge < -0.3 is 26.2 Å². The predicted octanol–water partition coefficient (Wildman–Crippen LogP) is 10.4. The van der Waals surface area contributed by atoms with E-state index in [4.69, 9.17) is 14.8 Å². The summed E-state index contributed by atoms with van der Waals surface area (Å²) >= 11 is 0. The number of carbonyl (C=O) groups is 1. The number of unbranched alkanes of at least 4 members (excludes halogenated alkanes) is 23. The third kappa shape index (κ3) is 35.7. The molecule has 10 heteroatoms. The van der Waals surface area contributed by atoms with Gasteiger partial charge >= 0.3 is 7.82 Å². The number of hydrogen-bond donors (Lipinski definition) is 5. The van der Waals surface area contributed by atoms with E-state index in [0.717, 1.165) is 51.4 Å². The first-order chi connectivity index (χ1) is 24.8. The molecule has 0 radical (unpaired) electrons. The van der Waals surface area contributed by atoms with Crippen molar-refractivity contribution >= 4 is 13.7 Å². The highest BCUT2D eigenvalue weighted by molar-refractivity contribution is 7.47. The molecule has 0 bridgehead atoms. The van der Waals surface area contributed by atoms with Gasteiger partial charge in [0.1, 0.15) is 0 Å². The number of carbonyl (C=O) groups excluding carboxylic acids is 1. The van der Waals surface area contributed by atoms with E-state index in [-0.39, 0.29) is 19.6 Å². The third-order valence-electron chi connectivity index (χ3n) is 9.33. The zero-order valence-corrected chi connectivity index (χ0v) is 33.9. The monoisotopic (exact) mass is 745 g/mol. The highest BCUT2D eigenvalue weighted by atomic mass is 31.2. The van der Waals surface area contributed by atoms with E-state index in [2.05, 4.69) is 31.3 Å². The summed E-state index contributed by atoms with van der Waals surface area (Å²) in [7, 11) is -4.40. The maximum atomic E-state index is 12.8. The molecule has 4 unspecified atom stereocenters. The molecule has 0 spiro atoms. The first-order valence-corrected chi connectivity index (χ1v) is 22.5. The number of phosphoric acid groups is 1. The van der Waals surface area contributed by atoms with Crippen molar-refractivity contribution in [1.29, 1.82) is 0 Å². The van der Waals surface area contributed by atoms with Gasteiger partial charge in [0.05, 0.1) is 37.9 Å². The van der Waals surface area contributed by atoms with Crippen molar-refractivity contribution in [3.63, 3.8) is 0 Å². The molecule has 9 nitrogen and oxygen atoms in total. The van der Waals surface area contributed by atoms with Crippen LogP contribution in [0.2, 0.25) is 0 Å². The van der Waals surface area contributed by atoms with Crippen LogP contribution in [-0.4, -0.2) is 59.0 Å². The number of rotatable bonds is 39. The topological polar surface area (TPSA) is 151 Å². The molecule has 0 aliphatic rings. The van der Waals surface area contributed by atoms with E-state index in [9.17, 15) is 24.5 Å². The summed E-state index contributed by atoms with van der Waals surface area (Å²) in [5.41, 5.74) is 5.35. The van der Waals surface area contributed by atoms with Crippen molar-refractivity contribution < 1.29 is 33.5 Å². The van der Waals surface area contributed by atoms with Gasteiger partial charge in [0.15, 0.2) is 0 Å². The maximum absolute atomic E-state index is 12.8. The van der Waals surface area contributed by atoms with Gasteiger partial charge in [-0.25, -0.2) is 4.57 Å². The Morgan fingerprint density at radius 3 is 1.57 bits per heavy atom. The van der Waals surface area contributed by atoms with E-state index in [1.54, 1.807) is 6.08 Å².